The Labute approximate surface area is 112 Å². The van der Waals surface area contributed by atoms with Crippen molar-refractivity contribution in [1.29, 1.82) is 0 Å². The number of Topliss-reactive ketones (excluding diaryl/α,β-unsaturated/α-hetero) is 1. The third-order valence-electron chi connectivity index (χ3n) is 3.19. The molecule has 2 aromatic rings. The van der Waals surface area contributed by atoms with Crippen molar-refractivity contribution >= 4 is 5.78 Å². The average Bonchev–Trinajstić information content (AvgIpc) is 2.81. The minimum atomic E-state index is 0.112. The Balaban J connectivity index is 2.07. The first kappa shape index (κ1) is 13.5. The van der Waals surface area contributed by atoms with Crippen molar-refractivity contribution in [2.45, 2.75) is 40.0 Å². The molecule has 1 heterocycles. The fraction of sp³-hybridized carbons (Fsp3) is 0.400. The van der Waals surface area contributed by atoms with E-state index in [9.17, 15) is 4.79 Å². The number of rotatable bonds is 5. The zero-order chi connectivity index (χ0) is 13.8. The standard InChI is InChI=1S/C15H18N2O2/c1-4-13(18)9-15-16-14(17-19-15)8-12-6-5-10(2)11(3)7-12/h5-7H,4,8-9H2,1-3H3. The number of nitrogens with zero attached hydrogens (tertiary/aromatic N) is 2. The molecule has 0 atom stereocenters. The molecule has 0 saturated carbocycles. The van der Waals surface area contributed by atoms with Crippen molar-refractivity contribution in [2.24, 2.45) is 0 Å². The quantitative estimate of drug-likeness (QED) is 0.827. The Kier molecular flexibility index (Phi) is 4.10. The number of aryl methyl sites for hydroxylation is 2. The van der Waals surface area contributed by atoms with E-state index in [0.29, 0.717) is 24.6 Å². The molecule has 100 valence electrons. The molecular weight excluding hydrogens is 240 g/mol. The van der Waals surface area contributed by atoms with Crippen LogP contribution in [0, 0.1) is 13.8 Å². The van der Waals surface area contributed by atoms with Crippen molar-refractivity contribution < 1.29 is 9.32 Å². The molecule has 0 unspecified atom stereocenters. The molecule has 4 nitrogen and oxygen atoms in total. The highest BCUT2D eigenvalue weighted by Gasteiger charge is 2.10. The van der Waals surface area contributed by atoms with Gasteiger partial charge in [0.15, 0.2) is 5.82 Å². The molecule has 0 fully saturated rings. The van der Waals surface area contributed by atoms with Gasteiger partial charge in [0, 0.05) is 12.8 Å². The van der Waals surface area contributed by atoms with Crippen molar-refractivity contribution in [3.8, 4) is 0 Å². The normalized spacial score (nSPS) is 10.7. The summed E-state index contributed by atoms with van der Waals surface area (Å²) >= 11 is 0. The van der Waals surface area contributed by atoms with Crippen LogP contribution in [-0.2, 0) is 17.6 Å². The van der Waals surface area contributed by atoms with Crippen LogP contribution in [0.4, 0.5) is 0 Å². The summed E-state index contributed by atoms with van der Waals surface area (Å²) in [6.07, 6.45) is 1.36. The molecule has 0 aliphatic heterocycles. The summed E-state index contributed by atoms with van der Waals surface area (Å²) < 4.78 is 5.08. The van der Waals surface area contributed by atoms with Crippen molar-refractivity contribution in [1.82, 2.24) is 10.1 Å². The van der Waals surface area contributed by atoms with Gasteiger partial charge in [0.25, 0.3) is 0 Å². The van der Waals surface area contributed by atoms with Gasteiger partial charge in [-0.25, -0.2) is 0 Å². The number of hydrogen-bond acceptors (Lipinski definition) is 4. The van der Waals surface area contributed by atoms with E-state index in [2.05, 4.69) is 42.2 Å². The van der Waals surface area contributed by atoms with Crippen LogP contribution in [0.2, 0.25) is 0 Å². The minimum absolute atomic E-state index is 0.112. The molecule has 1 aromatic carbocycles. The first-order valence-electron chi connectivity index (χ1n) is 6.47. The van der Waals surface area contributed by atoms with Crippen LogP contribution in [0.15, 0.2) is 22.7 Å². The highest BCUT2D eigenvalue weighted by atomic mass is 16.5. The number of ketones is 1. The summed E-state index contributed by atoms with van der Waals surface area (Å²) in [5.41, 5.74) is 3.67. The van der Waals surface area contributed by atoms with Gasteiger partial charge in [0.1, 0.15) is 5.78 Å². The highest BCUT2D eigenvalue weighted by Crippen LogP contribution is 2.13. The molecule has 0 radical (unpaired) electrons. The molecule has 4 heteroatoms. The van der Waals surface area contributed by atoms with Gasteiger partial charge in [-0.2, -0.15) is 4.98 Å². The maximum absolute atomic E-state index is 11.3. The second-order valence-corrected chi connectivity index (χ2v) is 4.77. The van der Waals surface area contributed by atoms with Gasteiger partial charge in [-0.15, -0.1) is 0 Å². The molecule has 19 heavy (non-hydrogen) atoms. The number of hydrogen-bond donors (Lipinski definition) is 0. The molecule has 1 aromatic heterocycles. The predicted octanol–water partition coefficient (Wildman–Crippen LogP) is 2.80. The first-order chi connectivity index (χ1) is 9.08. The number of aromatic nitrogens is 2. The van der Waals surface area contributed by atoms with Crippen LogP contribution in [-0.4, -0.2) is 15.9 Å². The highest BCUT2D eigenvalue weighted by molar-refractivity contribution is 5.79. The van der Waals surface area contributed by atoms with Crippen molar-refractivity contribution in [3.05, 3.63) is 46.6 Å². The van der Waals surface area contributed by atoms with E-state index < -0.39 is 0 Å². The van der Waals surface area contributed by atoms with E-state index in [1.54, 1.807) is 0 Å². The zero-order valence-electron chi connectivity index (χ0n) is 11.6. The van der Waals surface area contributed by atoms with Gasteiger partial charge >= 0.3 is 0 Å². The van der Waals surface area contributed by atoms with Crippen LogP contribution < -0.4 is 0 Å². The smallest absolute Gasteiger partial charge is 0.234 e. The van der Waals surface area contributed by atoms with Crippen LogP contribution in [0.3, 0.4) is 0 Å². The lowest BCUT2D eigenvalue weighted by atomic mass is 10.0. The van der Waals surface area contributed by atoms with E-state index in [0.717, 1.165) is 5.56 Å². The molecular formula is C15H18N2O2. The van der Waals surface area contributed by atoms with E-state index in [1.165, 1.54) is 11.1 Å². The molecule has 2 rings (SSSR count). The monoisotopic (exact) mass is 258 g/mol. The van der Waals surface area contributed by atoms with Gasteiger partial charge in [-0.1, -0.05) is 30.3 Å². The minimum Gasteiger partial charge on any atom is -0.339 e. The van der Waals surface area contributed by atoms with Crippen LogP contribution in [0.5, 0.6) is 0 Å². The summed E-state index contributed by atoms with van der Waals surface area (Å²) in [7, 11) is 0. The predicted molar refractivity (Wildman–Crippen MR) is 72.0 cm³/mol. The van der Waals surface area contributed by atoms with Gasteiger partial charge in [0.05, 0.1) is 6.42 Å². The van der Waals surface area contributed by atoms with Gasteiger partial charge < -0.3 is 4.52 Å². The van der Waals surface area contributed by atoms with Crippen LogP contribution >= 0.6 is 0 Å². The van der Waals surface area contributed by atoms with Gasteiger partial charge in [0.2, 0.25) is 5.89 Å². The second-order valence-electron chi connectivity index (χ2n) is 4.77. The molecule has 0 N–H and O–H groups in total. The van der Waals surface area contributed by atoms with Gasteiger partial charge in [-0.3, -0.25) is 4.79 Å². The van der Waals surface area contributed by atoms with Gasteiger partial charge in [-0.05, 0) is 30.5 Å². The maximum Gasteiger partial charge on any atom is 0.234 e. The third-order valence-corrected chi connectivity index (χ3v) is 3.19. The fourth-order valence-corrected chi connectivity index (χ4v) is 1.82. The third kappa shape index (κ3) is 3.50. The molecule has 0 amide bonds. The Hall–Kier alpha value is -1.97. The van der Waals surface area contributed by atoms with E-state index in [4.69, 9.17) is 4.52 Å². The zero-order valence-corrected chi connectivity index (χ0v) is 11.6. The summed E-state index contributed by atoms with van der Waals surface area (Å²) in [5.74, 6) is 1.15. The lowest BCUT2D eigenvalue weighted by Gasteiger charge is -2.02. The SMILES string of the molecule is CCC(=O)Cc1nc(Cc2ccc(C)c(C)c2)no1. The number of carbonyl (C=O) groups is 1. The van der Waals surface area contributed by atoms with Crippen LogP contribution in [0.1, 0.15) is 41.8 Å². The Bertz CT molecular complexity index is 588. The Morgan fingerprint density at radius 1 is 1.26 bits per heavy atom. The Morgan fingerprint density at radius 2 is 2.05 bits per heavy atom. The number of carbonyl (C=O) groups excluding carboxylic acids is 1. The van der Waals surface area contributed by atoms with Crippen LogP contribution in [0.25, 0.3) is 0 Å². The fourth-order valence-electron chi connectivity index (χ4n) is 1.82. The lowest BCUT2D eigenvalue weighted by Crippen LogP contribution is -2.00. The number of benzene rings is 1. The summed E-state index contributed by atoms with van der Waals surface area (Å²) in [4.78, 5) is 15.6. The average molecular weight is 258 g/mol. The van der Waals surface area contributed by atoms with E-state index in [-0.39, 0.29) is 12.2 Å². The first-order valence-corrected chi connectivity index (χ1v) is 6.47. The molecule has 0 spiro atoms. The van der Waals surface area contributed by atoms with E-state index in [1.807, 2.05) is 6.92 Å². The lowest BCUT2D eigenvalue weighted by molar-refractivity contribution is -0.118. The Morgan fingerprint density at radius 3 is 2.74 bits per heavy atom. The van der Waals surface area contributed by atoms with E-state index >= 15 is 0 Å². The summed E-state index contributed by atoms with van der Waals surface area (Å²) in [6.45, 7) is 6.00. The van der Waals surface area contributed by atoms with Crippen molar-refractivity contribution in [2.75, 3.05) is 0 Å². The largest absolute Gasteiger partial charge is 0.339 e. The molecule has 0 bridgehead atoms. The summed E-state index contributed by atoms with van der Waals surface area (Å²) in [5, 5.41) is 3.91. The topological polar surface area (TPSA) is 56.0 Å². The maximum atomic E-state index is 11.3. The summed E-state index contributed by atoms with van der Waals surface area (Å²) in [6, 6.07) is 6.28. The molecule has 0 saturated heterocycles. The molecule has 0 aliphatic carbocycles. The second kappa shape index (κ2) is 5.78. The van der Waals surface area contributed by atoms with Crippen molar-refractivity contribution in [3.63, 3.8) is 0 Å². The molecule has 0 aliphatic rings.